The summed E-state index contributed by atoms with van der Waals surface area (Å²) in [6, 6.07) is 4.10. The summed E-state index contributed by atoms with van der Waals surface area (Å²) in [6.45, 7) is 0.515. The zero-order valence-electron chi connectivity index (χ0n) is 12.4. The summed E-state index contributed by atoms with van der Waals surface area (Å²) < 4.78 is 39.0. The number of carbonyl (C=O) groups excluding carboxylic acids is 1. The van der Waals surface area contributed by atoms with Gasteiger partial charge in [-0.25, -0.2) is 0 Å². The number of hydrogen-bond donors (Lipinski definition) is 3. The summed E-state index contributed by atoms with van der Waals surface area (Å²) in [5, 5.41) is 23.8. The first-order valence-electron chi connectivity index (χ1n) is 6.66. The van der Waals surface area contributed by atoms with Crippen molar-refractivity contribution in [2.45, 2.75) is 26.3 Å². The Morgan fingerprint density at radius 2 is 2.08 bits per heavy atom. The molecule has 0 spiro atoms. The van der Waals surface area contributed by atoms with Crippen LogP contribution < -0.4 is 5.32 Å². The van der Waals surface area contributed by atoms with Gasteiger partial charge in [0.1, 0.15) is 12.3 Å². The molecule has 2 aromatic rings. The molecule has 1 aromatic heterocycles. The van der Waals surface area contributed by atoms with Gasteiger partial charge in [-0.3, -0.25) is 9.48 Å². The number of aromatic nitrogens is 2. The predicted octanol–water partition coefficient (Wildman–Crippen LogP) is 2.70. The number of carbonyl (C=O) groups is 1. The Balaban J connectivity index is 2.16. The minimum absolute atomic E-state index is 0.000933. The highest BCUT2D eigenvalue weighted by Crippen LogP contribution is 2.35. The van der Waals surface area contributed by atoms with E-state index < -0.39 is 29.3 Å². The number of rotatable bonds is 4. The summed E-state index contributed by atoms with van der Waals surface area (Å²) in [5.74, 6) is -0.973. The van der Waals surface area contributed by atoms with Crippen LogP contribution in [0.1, 0.15) is 17.0 Å². The molecule has 0 fully saturated rings. The molecule has 2 rings (SSSR count). The van der Waals surface area contributed by atoms with Crippen LogP contribution in [0.15, 0.2) is 18.2 Å². The van der Waals surface area contributed by atoms with Gasteiger partial charge in [0.15, 0.2) is 5.69 Å². The fourth-order valence-electron chi connectivity index (χ4n) is 1.97. The Morgan fingerprint density at radius 3 is 2.58 bits per heavy atom. The van der Waals surface area contributed by atoms with Gasteiger partial charge in [-0.05, 0) is 24.6 Å². The lowest BCUT2D eigenvalue weighted by atomic mass is 10.2. The van der Waals surface area contributed by atoms with Gasteiger partial charge in [0.05, 0.1) is 23.0 Å². The molecule has 0 radical (unpaired) electrons. The van der Waals surface area contributed by atoms with E-state index in [9.17, 15) is 23.1 Å². The number of aliphatic hydroxyl groups excluding tert-OH is 1. The summed E-state index contributed by atoms with van der Waals surface area (Å²) in [6.07, 6.45) is -4.72. The molecule has 6 nitrogen and oxygen atoms in total. The van der Waals surface area contributed by atoms with Crippen molar-refractivity contribution in [1.82, 2.24) is 9.78 Å². The van der Waals surface area contributed by atoms with Crippen molar-refractivity contribution in [2.24, 2.45) is 0 Å². The average molecular weight is 364 g/mol. The van der Waals surface area contributed by atoms with Gasteiger partial charge in [-0.1, -0.05) is 17.7 Å². The number of aliphatic hydroxyl groups is 1. The van der Waals surface area contributed by atoms with Crippen LogP contribution >= 0.6 is 11.6 Å². The largest absolute Gasteiger partial charge is 0.506 e. The fourth-order valence-corrected chi connectivity index (χ4v) is 2.21. The maximum Gasteiger partial charge on any atom is 0.436 e. The second-order valence-corrected chi connectivity index (χ2v) is 5.34. The van der Waals surface area contributed by atoms with E-state index in [4.69, 9.17) is 16.7 Å². The van der Waals surface area contributed by atoms with E-state index >= 15 is 0 Å². The summed E-state index contributed by atoms with van der Waals surface area (Å²) in [5.41, 5.74) is -0.761. The van der Waals surface area contributed by atoms with Gasteiger partial charge in [0, 0.05) is 0 Å². The zero-order valence-corrected chi connectivity index (χ0v) is 13.1. The quantitative estimate of drug-likeness (QED) is 0.729. The molecule has 0 saturated carbocycles. The van der Waals surface area contributed by atoms with Gasteiger partial charge in [-0.2, -0.15) is 18.3 Å². The highest BCUT2D eigenvalue weighted by atomic mass is 35.5. The number of phenols is 1. The molecule has 0 aliphatic rings. The Labute approximate surface area is 139 Å². The lowest BCUT2D eigenvalue weighted by Gasteiger charge is -2.09. The van der Waals surface area contributed by atoms with Crippen molar-refractivity contribution in [3.05, 3.63) is 40.2 Å². The van der Waals surface area contributed by atoms with Crippen LogP contribution in [0.5, 0.6) is 5.75 Å². The summed E-state index contributed by atoms with van der Waals surface area (Å²) in [7, 11) is 0. The summed E-state index contributed by atoms with van der Waals surface area (Å²) >= 11 is 5.60. The Kier molecular flexibility index (Phi) is 5.05. The maximum atomic E-state index is 12.7. The number of anilines is 1. The molecule has 0 unspecified atom stereocenters. The van der Waals surface area contributed by atoms with Crippen LogP contribution in [0.2, 0.25) is 5.02 Å². The molecule has 10 heteroatoms. The van der Waals surface area contributed by atoms with Crippen molar-refractivity contribution in [1.29, 1.82) is 0 Å². The SMILES string of the molecule is Cc1c(Cl)c(C(F)(F)F)nn1CC(=O)Nc1ccc(CO)cc1O. The number of benzene rings is 1. The first-order chi connectivity index (χ1) is 11.1. The van der Waals surface area contributed by atoms with E-state index in [1.807, 2.05) is 0 Å². The Morgan fingerprint density at radius 1 is 1.42 bits per heavy atom. The molecule has 0 bridgehead atoms. The lowest BCUT2D eigenvalue weighted by Crippen LogP contribution is -2.21. The lowest BCUT2D eigenvalue weighted by molar-refractivity contribution is -0.141. The van der Waals surface area contributed by atoms with E-state index in [1.165, 1.54) is 25.1 Å². The molecular weight excluding hydrogens is 351 g/mol. The fraction of sp³-hybridized carbons (Fsp3) is 0.286. The monoisotopic (exact) mass is 363 g/mol. The van der Waals surface area contributed by atoms with Crippen molar-refractivity contribution in [2.75, 3.05) is 5.32 Å². The van der Waals surface area contributed by atoms with Crippen LogP contribution in [0.3, 0.4) is 0 Å². The number of amides is 1. The Bertz CT molecular complexity index is 775. The number of aromatic hydroxyl groups is 1. The zero-order chi connectivity index (χ0) is 18.1. The second-order valence-electron chi connectivity index (χ2n) is 4.96. The molecular formula is C14H13ClF3N3O3. The van der Waals surface area contributed by atoms with Crippen molar-refractivity contribution < 1.29 is 28.2 Å². The van der Waals surface area contributed by atoms with E-state index in [-0.39, 0.29) is 23.7 Å². The third-order valence-corrected chi connectivity index (χ3v) is 3.67. The molecule has 1 aromatic carbocycles. The molecule has 3 N–H and O–H groups in total. The van der Waals surface area contributed by atoms with Crippen LogP contribution in [0.25, 0.3) is 0 Å². The number of halogens is 4. The number of alkyl halides is 3. The highest BCUT2D eigenvalue weighted by molar-refractivity contribution is 6.32. The predicted molar refractivity (Wildman–Crippen MR) is 79.6 cm³/mol. The van der Waals surface area contributed by atoms with E-state index in [1.54, 1.807) is 0 Å². The molecule has 0 aliphatic heterocycles. The normalized spacial score (nSPS) is 11.6. The number of hydrogen-bond acceptors (Lipinski definition) is 4. The number of nitrogens with one attached hydrogen (secondary N) is 1. The van der Waals surface area contributed by atoms with E-state index in [0.29, 0.717) is 5.56 Å². The third-order valence-electron chi connectivity index (χ3n) is 3.21. The molecule has 0 aliphatic carbocycles. The topological polar surface area (TPSA) is 87.4 Å². The first-order valence-corrected chi connectivity index (χ1v) is 7.04. The van der Waals surface area contributed by atoms with Crippen molar-refractivity contribution >= 4 is 23.2 Å². The molecule has 1 heterocycles. The van der Waals surface area contributed by atoms with Gasteiger partial charge in [0.2, 0.25) is 5.91 Å². The maximum absolute atomic E-state index is 12.7. The minimum Gasteiger partial charge on any atom is -0.506 e. The molecule has 0 atom stereocenters. The second kappa shape index (κ2) is 6.70. The smallest absolute Gasteiger partial charge is 0.436 e. The molecule has 24 heavy (non-hydrogen) atoms. The van der Waals surface area contributed by atoms with Crippen LogP contribution in [-0.4, -0.2) is 25.9 Å². The average Bonchev–Trinajstić information content (AvgIpc) is 2.77. The van der Waals surface area contributed by atoms with E-state index in [2.05, 4.69) is 10.4 Å². The van der Waals surface area contributed by atoms with E-state index in [0.717, 1.165) is 4.68 Å². The van der Waals surface area contributed by atoms with Gasteiger partial charge in [-0.15, -0.1) is 0 Å². The van der Waals surface area contributed by atoms with Gasteiger partial charge in [0.25, 0.3) is 0 Å². The Hall–Kier alpha value is -2.26. The van der Waals surface area contributed by atoms with Crippen LogP contribution in [0.4, 0.5) is 18.9 Å². The highest BCUT2D eigenvalue weighted by Gasteiger charge is 2.38. The first kappa shape index (κ1) is 18.1. The molecule has 1 amide bonds. The number of phenolic OH excluding ortho intramolecular Hbond substituents is 1. The standard InChI is InChI=1S/C14H13ClF3N3O3/c1-7-12(15)13(14(16,17)18)20-21(7)5-11(24)19-9-3-2-8(6-22)4-10(9)23/h2-4,22-23H,5-6H2,1H3,(H,19,24). The van der Waals surface area contributed by atoms with Crippen LogP contribution in [0, 0.1) is 6.92 Å². The molecule has 130 valence electrons. The number of nitrogens with zero attached hydrogens (tertiary/aromatic N) is 2. The third kappa shape index (κ3) is 3.80. The van der Waals surface area contributed by atoms with Crippen LogP contribution in [-0.2, 0) is 24.1 Å². The van der Waals surface area contributed by atoms with Crippen molar-refractivity contribution in [3.63, 3.8) is 0 Å². The molecule has 0 saturated heterocycles. The van der Waals surface area contributed by atoms with Gasteiger partial charge >= 0.3 is 6.18 Å². The van der Waals surface area contributed by atoms with Gasteiger partial charge < -0.3 is 15.5 Å². The summed E-state index contributed by atoms with van der Waals surface area (Å²) in [4.78, 5) is 12.0. The van der Waals surface area contributed by atoms with Crippen molar-refractivity contribution in [3.8, 4) is 5.75 Å². The minimum atomic E-state index is -4.72.